The molecule has 1 N–H and O–H groups in total. The minimum atomic E-state index is 0.624. The fourth-order valence-electron chi connectivity index (χ4n) is 3.71. The molecule has 0 spiro atoms. The first-order valence-corrected chi connectivity index (χ1v) is 8.43. The van der Waals surface area contributed by atoms with E-state index in [4.69, 9.17) is 0 Å². The molecule has 2 nitrogen and oxygen atoms in total. The largest absolute Gasteiger partial charge is 0.380 e. The van der Waals surface area contributed by atoms with E-state index >= 15 is 0 Å². The van der Waals surface area contributed by atoms with Gasteiger partial charge in [-0.25, -0.2) is 0 Å². The zero-order valence-electron chi connectivity index (χ0n) is 11.6. The van der Waals surface area contributed by atoms with Crippen molar-refractivity contribution in [1.29, 1.82) is 0 Å². The van der Waals surface area contributed by atoms with Gasteiger partial charge in [-0.2, -0.15) is 0 Å². The lowest BCUT2D eigenvalue weighted by Crippen LogP contribution is -2.33. The molecule has 0 amide bonds. The predicted octanol–water partition coefficient (Wildman–Crippen LogP) is 4.06. The number of benzene rings is 1. The van der Waals surface area contributed by atoms with Crippen LogP contribution in [0.4, 0.5) is 5.69 Å². The summed E-state index contributed by atoms with van der Waals surface area (Å²) >= 11 is 1.82. The molecule has 20 heavy (non-hydrogen) atoms. The van der Waals surface area contributed by atoms with Crippen LogP contribution in [0, 0.1) is 0 Å². The van der Waals surface area contributed by atoms with Crippen molar-refractivity contribution in [3.05, 3.63) is 41.8 Å². The summed E-state index contributed by atoms with van der Waals surface area (Å²) in [6, 6.07) is 14.5. The Morgan fingerprint density at radius 2 is 2.00 bits per heavy atom. The molecule has 1 aromatic carbocycles. The van der Waals surface area contributed by atoms with Gasteiger partial charge >= 0.3 is 0 Å². The second kappa shape index (κ2) is 5.23. The minimum Gasteiger partial charge on any atom is -0.380 e. The van der Waals surface area contributed by atoms with Crippen molar-refractivity contribution in [1.82, 2.24) is 4.90 Å². The number of fused-ring (bicyclic) bond motifs is 1. The highest BCUT2D eigenvalue weighted by molar-refractivity contribution is 7.13. The number of hydrogen-bond acceptors (Lipinski definition) is 3. The quantitative estimate of drug-likeness (QED) is 0.914. The van der Waals surface area contributed by atoms with E-state index in [9.17, 15) is 0 Å². The topological polar surface area (TPSA) is 15.3 Å². The standard InChI is InChI=1S/C17H20N2S/c1-2-6-14(13(5-1)17-8-4-12-20-17)18-15-9-11-19-10-3-7-16(15)19/h1-2,4-6,8,12,15-16,18H,3,7,9-11H2. The van der Waals surface area contributed by atoms with Gasteiger partial charge in [-0.1, -0.05) is 24.3 Å². The van der Waals surface area contributed by atoms with Crippen LogP contribution in [0.2, 0.25) is 0 Å². The Morgan fingerprint density at radius 1 is 1.05 bits per heavy atom. The van der Waals surface area contributed by atoms with Gasteiger partial charge in [0.2, 0.25) is 0 Å². The molecule has 2 aliphatic heterocycles. The average molecular weight is 284 g/mol. The number of para-hydroxylation sites is 1. The highest BCUT2D eigenvalue weighted by Crippen LogP contribution is 2.35. The zero-order valence-corrected chi connectivity index (χ0v) is 12.4. The summed E-state index contributed by atoms with van der Waals surface area (Å²) in [4.78, 5) is 4.01. The average Bonchev–Trinajstić information content (AvgIpc) is 3.18. The molecule has 2 unspecified atom stereocenters. The van der Waals surface area contributed by atoms with Crippen molar-refractivity contribution in [2.24, 2.45) is 0 Å². The van der Waals surface area contributed by atoms with Gasteiger partial charge in [-0.15, -0.1) is 11.3 Å². The van der Waals surface area contributed by atoms with Crippen LogP contribution >= 0.6 is 11.3 Å². The molecule has 3 heterocycles. The maximum absolute atomic E-state index is 3.83. The molecule has 0 bridgehead atoms. The maximum Gasteiger partial charge on any atom is 0.0430 e. The second-order valence-corrected chi connectivity index (χ2v) is 6.76. The molecule has 104 valence electrons. The first kappa shape index (κ1) is 12.4. The Labute approximate surface area is 124 Å². The molecule has 2 fully saturated rings. The third-order valence-electron chi connectivity index (χ3n) is 4.66. The van der Waals surface area contributed by atoms with Gasteiger partial charge < -0.3 is 5.32 Å². The SMILES string of the molecule is c1csc(-c2ccccc2NC2CCN3CCCC23)c1. The van der Waals surface area contributed by atoms with Crippen LogP contribution in [0.15, 0.2) is 41.8 Å². The molecule has 2 aromatic rings. The van der Waals surface area contributed by atoms with E-state index in [0.29, 0.717) is 6.04 Å². The van der Waals surface area contributed by atoms with Crippen molar-refractivity contribution < 1.29 is 0 Å². The smallest absolute Gasteiger partial charge is 0.0430 e. The first-order chi connectivity index (χ1) is 9.92. The fraction of sp³-hybridized carbons (Fsp3) is 0.412. The van der Waals surface area contributed by atoms with Crippen LogP contribution in [-0.2, 0) is 0 Å². The van der Waals surface area contributed by atoms with E-state index in [1.54, 1.807) is 0 Å². The van der Waals surface area contributed by atoms with Crippen LogP contribution in [0.3, 0.4) is 0 Å². The zero-order chi connectivity index (χ0) is 13.4. The Kier molecular flexibility index (Phi) is 3.25. The van der Waals surface area contributed by atoms with Crippen molar-refractivity contribution in [3.8, 4) is 10.4 Å². The second-order valence-electron chi connectivity index (χ2n) is 5.81. The molecule has 4 rings (SSSR count). The summed E-state index contributed by atoms with van der Waals surface area (Å²) in [5.74, 6) is 0. The predicted molar refractivity (Wildman–Crippen MR) is 86.4 cm³/mol. The molecule has 0 aliphatic carbocycles. The number of thiophene rings is 1. The monoisotopic (exact) mass is 284 g/mol. The van der Waals surface area contributed by atoms with E-state index in [2.05, 4.69) is 52.0 Å². The Bertz CT molecular complexity index is 578. The number of hydrogen-bond donors (Lipinski definition) is 1. The van der Waals surface area contributed by atoms with Crippen molar-refractivity contribution in [2.45, 2.75) is 31.3 Å². The molecular formula is C17H20N2S. The lowest BCUT2D eigenvalue weighted by atomic mass is 10.0. The summed E-state index contributed by atoms with van der Waals surface area (Å²) in [5, 5.41) is 5.99. The van der Waals surface area contributed by atoms with Crippen LogP contribution in [0.25, 0.3) is 10.4 Å². The molecule has 0 saturated carbocycles. The normalized spacial score (nSPS) is 25.8. The maximum atomic E-state index is 3.83. The van der Waals surface area contributed by atoms with Gasteiger partial charge in [0, 0.05) is 34.8 Å². The minimum absolute atomic E-state index is 0.624. The van der Waals surface area contributed by atoms with Crippen LogP contribution in [-0.4, -0.2) is 30.1 Å². The molecule has 3 heteroatoms. The van der Waals surface area contributed by atoms with E-state index in [-0.39, 0.29) is 0 Å². The van der Waals surface area contributed by atoms with Crippen molar-refractivity contribution in [2.75, 3.05) is 18.4 Å². The van der Waals surface area contributed by atoms with Gasteiger partial charge in [-0.3, -0.25) is 4.90 Å². The van der Waals surface area contributed by atoms with Gasteiger partial charge in [0.1, 0.15) is 0 Å². The molecule has 2 atom stereocenters. The summed E-state index contributed by atoms with van der Waals surface area (Å²) in [6.45, 7) is 2.57. The first-order valence-electron chi connectivity index (χ1n) is 7.55. The number of rotatable bonds is 3. The van der Waals surface area contributed by atoms with Crippen molar-refractivity contribution in [3.63, 3.8) is 0 Å². The lowest BCUT2D eigenvalue weighted by molar-refractivity contribution is 0.318. The van der Waals surface area contributed by atoms with E-state index in [1.165, 1.54) is 48.5 Å². The Hall–Kier alpha value is -1.32. The van der Waals surface area contributed by atoms with Crippen LogP contribution in [0.5, 0.6) is 0 Å². The molecular weight excluding hydrogens is 264 g/mol. The Morgan fingerprint density at radius 3 is 2.90 bits per heavy atom. The number of nitrogens with zero attached hydrogens (tertiary/aromatic N) is 1. The lowest BCUT2D eigenvalue weighted by Gasteiger charge is -2.23. The summed E-state index contributed by atoms with van der Waals surface area (Å²) in [7, 11) is 0. The van der Waals surface area contributed by atoms with E-state index < -0.39 is 0 Å². The van der Waals surface area contributed by atoms with Crippen LogP contribution < -0.4 is 5.32 Å². The van der Waals surface area contributed by atoms with E-state index in [1.807, 2.05) is 11.3 Å². The van der Waals surface area contributed by atoms with Gasteiger partial charge in [-0.05, 0) is 43.3 Å². The number of nitrogens with one attached hydrogen (secondary N) is 1. The Balaban J connectivity index is 1.60. The summed E-state index contributed by atoms with van der Waals surface area (Å²) in [5.41, 5.74) is 2.65. The number of anilines is 1. The van der Waals surface area contributed by atoms with Gasteiger partial charge in [0.05, 0.1) is 0 Å². The molecule has 0 radical (unpaired) electrons. The molecule has 2 saturated heterocycles. The summed E-state index contributed by atoms with van der Waals surface area (Å²) < 4.78 is 0. The van der Waals surface area contributed by atoms with Crippen molar-refractivity contribution >= 4 is 17.0 Å². The molecule has 1 aromatic heterocycles. The highest BCUT2D eigenvalue weighted by atomic mass is 32.1. The van der Waals surface area contributed by atoms with Gasteiger partial charge in [0.15, 0.2) is 0 Å². The third kappa shape index (κ3) is 2.15. The molecule has 2 aliphatic rings. The third-order valence-corrected chi connectivity index (χ3v) is 5.56. The highest BCUT2D eigenvalue weighted by Gasteiger charge is 2.37. The fourth-order valence-corrected chi connectivity index (χ4v) is 4.47. The van der Waals surface area contributed by atoms with E-state index in [0.717, 1.165) is 6.04 Å². The van der Waals surface area contributed by atoms with Crippen LogP contribution in [0.1, 0.15) is 19.3 Å². The van der Waals surface area contributed by atoms with Gasteiger partial charge in [0.25, 0.3) is 0 Å². The summed E-state index contributed by atoms with van der Waals surface area (Å²) in [6.07, 6.45) is 4.01.